The number of carbonyl (C=O) groups excluding carboxylic acids is 1. The molecule has 0 aliphatic carbocycles. The zero-order valence-corrected chi connectivity index (χ0v) is 19.5. The smallest absolute Gasteiger partial charge is 0.258 e. The zero-order chi connectivity index (χ0) is 23.1. The molecule has 0 bridgehead atoms. The van der Waals surface area contributed by atoms with Gasteiger partial charge in [-0.3, -0.25) is 10.1 Å². The van der Waals surface area contributed by atoms with E-state index in [4.69, 9.17) is 9.40 Å². The fourth-order valence-corrected chi connectivity index (χ4v) is 4.49. The lowest BCUT2D eigenvalue weighted by atomic mass is 10.1. The number of hydrogen-bond donors (Lipinski definition) is 1. The van der Waals surface area contributed by atoms with Crippen LogP contribution in [0.15, 0.2) is 53.1 Å². The van der Waals surface area contributed by atoms with Crippen molar-refractivity contribution in [3.05, 3.63) is 65.7 Å². The molecule has 1 N–H and O–H groups in total. The number of pyridine rings is 1. The monoisotopic (exact) mass is 458 g/mol. The van der Waals surface area contributed by atoms with E-state index < -0.39 is 0 Å². The molecule has 4 heterocycles. The van der Waals surface area contributed by atoms with E-state index in [-0.39, 0.29) is 11.9 Å². The van der Waals surface area contributed by atoms with Crippen LogP contribution in [0.3, 0.4) is 0 Å². The number of aryl methyl sites for hydroxylation is 2. The van der Waals surface area contributed by atoms with Crippen LogP contribution in [0.2, 0.25) is 0 Å². The Hall–Kier alpha value is -3.85. The lowest BCUT2D eigenvalue weighted by Crippen LogP contribution is -2.13. The van der Waals surface area contributed by atoms with E-state index in [1.54, 1.807) is 12.3 Å². The largest absolute Gasteiger partial charge is 0.466 e. The predicted octanol–water partition coefficient (Wildman–Crippen LogP) is 5.66. The summed E-state index contributed by atoms with van der Waals surface area (Å²) in [7, 11) is 0. The van der Waals surface area contributed by atoms with Crippen molar-refractivity contribution < 1.29 is 9.21 Å². The predicted molar refractivity (Wildman–Crippen MR) is 128 cm³/mol. The summed E-state index contributed by atoms with van der Waals surface area (Å²) < 4.78 is 7.52. The minimum Gasteiger partial charge on any atom is -0.466 e. The molecule has 0 unspecified atom stereocenters. The van der Waals surface area contributed by atoms with Gasteiger partial charge in [-0.25, -0.2) is 9.67 Å². The SMILES string of the molecule is Cc1cc(-c2cc(C(=O)Nc3nnc(-c4ccccc4)s3)c3cnn(C(C)C)c3n2)c(C)o1. The van der Waals surface area contributed by atoms with Gasteiger partial charge < -0.3 is 4.42 Å². The molecule has 33 heavy (non-hydrogen) atoms. The van der Waals surface area contributed by atoms with Crippen LogP contribution in [0.1, 0.15) is 41.8 Å². The molecule has 9 heteroatoms. The van der Waals surface area contributed by atoms with Crippen LogP contribution in [0.5, 0.6) is 0 Å². The van der Waals surface area contributed by atoms with Gasteiger partial charge in [0.25, 0.3) is 5.91 Å². The van der Waals surface area contributed by atoms with Gasteiger partial charge in [-0.05, 0) is 39.8 Å². The maximum atomic E-state index is 13.4. The van der Waals surface area contributed by atoms with Gasteiger partial charge in [-0.15, -0.1) is 10.2 Å². The number of anilines is 1. The van der Waals surface area contributed by atoms with E-state index in [1.807, 2.05) is 68.8 Å². The van der Waals surface area contributed by atoms with Crippen molar-refractivity contribution in [3.63, 3.8) is 0 Å². The highest BCUT2D eigenvalue weighted by Gasteiger charge is 2.21. The number of rotatable bonds is 5. The first-order valence-electron chi connectivity index (χ1n) is 10.6. The number of benzene rings is 1. The number of nitrogens with zero attached hydrogens (tertiary/aromatic N) is 5. The normalized spacial score (nSPS) is 11.4. The molecule has 0 atom stereocenters. The minimum atomic E-state index is -0.291. The van der Waals surface area contributed by atoms with Gasteiger partial charge in [-0.1, -0.05) is 41.7 Å². The van der Waals surface area contributed by atoms with Crippen LogP contribution < -0.4 is 5.32 Å². The standard InChI is InChI=1S/C24H22N6O2S/c1-13(2)30-21-19(12-25-30)18(11-20(26-21)17-10-14(3)32-15(17)4)22(31)27-24-29-28-23(33-24)16-8-6-5-7-9-16/h5-13H,1-4H3,(H,27,29,31). The van der Waals surface area contributed by atoms with Crippen LogP contribution in [0.4, 0.5) is 5.13 Å². The third kappa shape index (κ3) is 3.91. The van der Waals surface area contributed by atoms with Gasteiger partial charge in [0, 0.05) is 17.2 Å². The Balaban J connectivity index is 1.56. The van der Waals surface area contributed by atoms with Crippen LogP contribution in [0, 0.1) is 13.8 Å². The summed E-state index contributed by atoms with van der Waals surface area (Å²) >= 11 is 1.33. The summed E-state index contributed by atoms with van der Waals surface area (Å²) in [6.45, 7) is 7.83. The maximum Gasteiger partial charge on any atom is 0.258 e. The highest BCUT2D eigenvalue weighted by atomic mass is 32.1. The van der Waals surface area contributed by atoms with Crippen molar-refractivity contribution in [1.29, 1.82) is 0 Å². The van der Waals surface area contributed by atoms with Gasteiger partial charge in [0.15, 0.2) is 5.65 Å². The lowest BCUT2D eigenvalue weighted by molar-refractivity contribution is 0.102. The summed E-state index contributed by atoms with van der Waals surface area (Å²) in [5.74, 6) is 1.24. The number of aromatic nitrogens is 5. The highest BCUT2D eigenvalue weighted by molar-refractivity contribution is 7.18. The lowest BCUT2D eigenvalue weighted by Gasteiger charge is -2.10. The fraction of sp³-hybridized carbons (Fsp3) is 0.208. The summed E-state index contributed by atoms with van der Waals surface area (Å²) in [6, 6.07) is 13.5. The number of fused-ring (bicyclic) bond motifs is 1. The summed E-state index contributed by atoms with van der Waals surface area (Å²) in [5.41, 5.74) is 3.58. The number of carbonyl (C=O) groups is 1. The quantitative estimate of drug-likeness (QED) is 0.365. The van der Waals surface area contributed by atoms with Gasteiger partial charge >= 0.3 is 0 Å². The Morgan fingerprint density at radius 2 is 1.91 bits per heavy atom. The molecule has 5 rings (SSSR count). The first-order valence-corrected chi connectivity index (χ1v) is 11.4. The molecule has 8 nitrogen and oxygen atoms in total. The first kappa shape index (κ1) is 21.0. The van der Waals surface area contributed by atoms with E-state index in [2.05, 4.69) is 20.6 Å². The van der Waals surface area contributed by atoms with Gasteiger partial charge in [0.1, 0.15) is 16.5 Å². The van der Waals surface area contributed by atoms with E-state index >= 15 is 0 Å². The molecule has 0 saturated carbocycles. The molecule has 0 spiro atoms. The third-order valence-electron chi connectivity index (χ3n) is 5.28. The Morgan fingerprint density at radius 1 is 1.12 bits per heavy atom. The highest BCUT2D eigenvalue weighted by Crippen LogP contribution is 2.31. The van der Waals surface area contributed by atoms with Crippen LogP contribution >= 0.6 is 11.3 Å². The van der Waals surface area contributed by atoms with Crippen molar-refractivity contribution in [3.8, 4) is 21.8 Å². The van der Waals surface area contributed by atoms with Gasteiger partial charge in [-0.2, -0.15) is 5.10 Å². The number of hydrogen-bond acceptors (Lipinski definition) is 7. The average Bonchev–Trinajstić information content (AvgIpc) is 3.51. The third-order valence-corrected chi connectivity index (χ3v) is 6.17. The molecule has 0 aliphatic rings. The van der Waals surface area contributed by atoms with Gasteiger partial charge in [0.05, 0.1) is 22.8 Å². The van der Waals surface area contributed by atoms with E-state index in [9.17, 15) is 4.79 Å². The second-order valence-corrected chi connectivity index (χ2v) is 9.01. The molecule has 4 aromatic heterocycles. The average molecular weight is 459 g/mol. The molecule has 1 amide bonds. The Labute approximate surface area is 194 Å². The van der Waals surface area contributed by atoms with Gasteiger partial charge in [0.2, 0.25) is 5.13 Å². The maximum absolute atomic E-state index is 13.4. The molecule has 1 aromatic carbocycles. The van der Waals surface area contributed by atoms with Crippen LogP contribution in [-0.4, -0.2) is 30.9 Å². The molecule has 5 aromatic rings. The van der Waals surface area contributed by atoms with Crippen molar-refractivity contribution >= 4 is 33.4 Å². The second kappa shape index (κ2) is 8.25. The van der Waals surface area contributed by atoms with E-state index in [0.29, 0.717) is 27.4 Å². The Kier molecular flexibility index (Phi) is 5.26. The molecule has 0 fully saturated rings. The van der Waals surface area contributed by atoms with Crippen LogP contribution in [0.25, 0.3) is 32.9 Å². The summed E-state index contributed by atoms with van der Waals surface area (Å²) in [5, 5.41) is 17.6. The Bertz CT molecular complexity index is 1470. The molecule has 0 radical (unpaired) electrons. The second-order valence-electron chi connectivity index (χ2n) is 8.03. The topological polar surface area (TPSA) is 98.7 Å². The zero-order valence-electron chi connectivity index (χ0n) is 18.7. The molecule has 166 valence electrons. The van der Waals surface area contributed by atoms with Crippen molar-refractivity contribution in [2.45, 2.75) is 33.7 Å². The number of nitrogens with one attached hydrogen (secondary N) is 1. The number of amides is 1. The van der Waals surface area contributed by atoms with Crippen molar-refractivity contribution in [2.75, 3.05) is 5.32 Å². The fourth-order valence-electron chi connectivity index (χ4n) is 3.74. The Morgan fingerprint density at radius 3 is 2.61 bits per heavy atom. The van der Waals surface area contributed by atoms with E-state index in [0.717, 1.165) is 27.7 Å². The summed E-state index contributed by atoms with van der Waals surface area (Å²) in [6.07, 6.45) is 1.68. The van der Waals surface area contributed by atoms with E-state index in [1.165, 1.54) is 11.3 Å². The molecule has 0 aliphatic heterocycles. The molecular formula is C24H22N6O2S. The molecular weight excluding hydrogens is 436 g/mol. The minimum absolute atomic E-state index is 0.0879. The van der Waals surface area contributed by atoms with Crippen molar-refractivity contribution in [2.24, 2.45) is 0 Å². The summed E-state index contributed by atoms with van der Waals surface area (Å²) in [4.78, 5) is 18.2. The first-order chi connectivity index (χ1) is 15.9. The molecule has 0 saturated heterocycles. The van der Waals surface area contributed by atoms with Crippen molar-refractivity contribution in [1.82, 2.24) is 25.0 Å². The van der Waals surface area contributed by atoms with Crippen LogP contribution in [-0.2, 0) is 0 Å². The number of furan rings is 1.